The molecule has 0 saturated carbocycles. The first-order valence-electron chi connectivity index (χ1n) is 6.82. The van der Waals surface area contributed by atoms with E-state index in [2.05, 4.69) is 10.3 Å². The van der Waals surface area contributed by atoms with Crippen molar-refractivity contribution in [3.8, 4) is 0 Å². The van der Waals surface area contributed by atoms with Gasteiger partial charge in [-0.15, -0.1) is 0 Å². The first-order valence-corrected chi connectivity index (χ1v) is 9.69. The maximum atomic E-state index is 12.4. The van der Waals surface area contributed by atoms with E-state index in [1.54, 1.807) is 0 Å². The van der Waals surface area contributed by atoms with Crippen LogP contribution in [0.15, 0.2) is 52.5 Å². The van der Waals surface area contributed by atoms with Crippen LogP contribution in [0.25, 0.3) is 0 Å². The molecule has 0 fully saturated rings. The zero-order chi connectivity index (χ0) is 18.7. The molecule has 0 aliphatic carbocycles. The number of thioether (sulfide) groups is 1. The molecule has 0 atom stereocenters. The standard InChI is InChI=1S/C15H13F3N2O3S2/c1-25(22,23)12-4-2-3-11(7-12)20-13(21)9-24-14-6-5-10(8-19-14)15(16,17)18/h2-8H,9H2,1H3,(H,20,21). The number of sulfone groups is 1. The summed E-state index contributed by atoms with van der Waals surface area (Å²) in [7, 11) is -3.39. The van der Waals surface area contributed by atoms with Crippen LogP contribution in [0.3, 0.4) is 0 Å². The molecule has 0 spiro atoms. The zero-order valence-corrected chi connectivity index (χ0v) is 14.5. The average Bonchev–Trinajstić information content (AvgIpc) is 2.52. The number of hydrogen-bond acceptors (Lipinski definition) is 5. The Labute approximate surface area is 146 Å². The van der Waals surface area contributed by atoms with Crippen molar-refractivity contribution >= 4 is 33.2 Å². The molecule has 5 nitrogen and oxygen atoms in total. The summed E-state index contributed by atoms with van der Waals surface area (Å²) in [6.45, 7) is 0. The van der Waals surface area contributed by atoms with Crippen LogP contribution in [0, 0.1) is 0 Å². The number of benzene rings is 1. The van der Waals surface area contributed by atoms with Crippen molar-refractivity contribution in [2.45, 2.75) is 16.1 Å². The zero-order valence-electron chi connectivity index (χ0n) is 12.9. The molecule has 0 unspecified atom stereocenters. The molecule has 0 saturated heterocycles. The predicted octanol–water partition coefficient (Wildman–Crippen LogP) is 3.23. The van der Waals surface area contributed by atoms with Crippen LogP contribution < -0.4 is 5.32 Å². The van der Waals surface area contributed by atoms with E-state index >= 15 is 0 Å². The summed E-state index contributed by atoms with van der Waals surface area (Å²) in [6, 6.07) is 7.85. The number of halogens is 3. The number of nitrogens with one attached hydrogen (secondary N) is 1. The van der Waals surface area contributed by atoms with Gasteiger partial charge in [-0.05, 0) is 30.3 Å². The van der Waals surface area contributed by atoms with Gasteiger partial charge in [0, 0.05) is 18.1 Å². The van der Waals surface area contributed by atoms with Crippen LogP contribution >= 0.6 is 11.8 Å². The first kappa shape index (κ1) is 19.3. The van der Waals surface area contributed by atoms with Gasteiger partial charge < -0.3 is 5.32 Å². The maximum absolute atomic E-state index is 12.4. The number of anilines is 1. The average molecular weight is 390 g/mol. The highest BCUT2D eigenvalue weighted by atomic mass is 32.2. The number of amides is 1. The van der Waals surface area contributed by atoms with Gasteiger partial charge in [0.05, 0.1) is 21.2 Å². The fourth-order valence-electron chi connectivity index (χ4n) is 1.77. The van der Waals surface area contributed by atoms with E-state index < -0.39 is 27.5 Å². The van der Waals surface area contributed by atoms with E-state index in [0.29, 0.717) is 11.9 Å². The second-order valence-electron chi connectivity index (χ2n) is 5.02. The third kappa shape index (κ3) is 5.75. The summed E-state index contributed by atoms with van der Waals surface area (Å²) < 4.78 is 60.3. The van der Waals surface area contributed by atoms with E-state index in [4.69, 9.17) is 0 Å². The smallest absolute Gasteiger partial charge is 0.325 e. The van der Waals surface area contributed by atoms with E-state index in [1.165, 1.54) is 30.3 Å². The van der Waals surface area contributed by atoms with E-state index in [-0.39, 0.29) is 15.7 Å². The largest absolute Gasteiger partial charge is 0.417 e. The Morgan fingerprint density at radius 1 is 1.24 bits per heavy atom. The Balaban J connectivity index is 1.95. The molecule has 1 aromatic carbocycles. The van der Waals surface area contributed by atoms with Crippen molar-refractivity contribution in [1.29, 1.82) is 0 Å². The van der Waals surface area contributed by atoms with Crippen LogP contribution in [-0.2, 0) is 20.8 Å². The molecular formula is C15H13F3N2O3S2. The molecule has 1 heterocycles. The molecule has 1 amide bonds. The van der Waals surface area contributed by atoms with Crippen molar-refractivity contribution in [3.05, 3.63) is 48.2 Å². The number of alkyl halides is 3. The van der Waals surface area contributed by atoms with Crippen molar-refractivity contribution in [2.75, 3.05) is 17.3 Å². The molecule has 2 aromatic rings. The lowest BCUT2D eigenvalue weighted by molar-refractivity contribution is -0.137. The molecule has 25 heavy (non-hydrogen) atoms. The second-order valence-corrected chi connectivity index (χ2v) is 8.03. The van der Waals surface area contributed by atoms with E-state index in [1.807, 2.05) is 0 Å². The highest BCUT2D eigenvalue weighted by molar-refractivity contribution is 7.99. The predicted molar refractivity (Wildman–Crippen MR) is 88.1 cm³/mol. The van der Waals surface area contributed by atoms with Crippen molar-refractivity contribution in [3.63, 3.8) is 0 Å². The molecule has 1 N–H and O–H groups in total. The summed E-state index contributed by atoms with van der Waals surface area (Å²) in [6.07, 6.45) is -2.70. The number of rotatable bonds is 5. The first-order chi connectivity index (χ1) is 11.6. The van der Waals surface area contributed by atoms with Crippen molar-refractivity contribution in [2.24, 2.45) is 0 Å². The number of pyridine rings is 1. The SMILES string of the molecule is CS(=O)(=O)c1cccc(NC(=O)CSc2ccc(C(F)(F)F)cn2)c1. The van der Waals surface area contributed by atoms with Gasteiger partial charge in [0.1, 0.15) is 0 Å². The summed E-state index contributed by atoms with van der Waals surface area (Å²) in [5.74, 6) is -0.515. The van der Waals surface area contributed by atoms with Gasteiger partial charge in [-0.25, -0.2) is 13.4 Å². The summed E-state index contributed by atoms with van der Waals surface area (Å²) in [5, 5.41) is 2.80. The monoisotopic (exact) mass is 390 g/mol. The molecule has 2 rings (SSSR count). The molecule has 10 heteroatoms. The molecule has 1 aromatic heterocycles. The minimum absolute atomic E-state index is 0.0716. The fraction of sp³-hybridized carbons (Fsp3) is 0.200. The van der Waals surface area contributed by atoms with Crippen molar-refractivity contribution < 1.29 is 26.4 Å². The number of carbonyl (C=O) groups excluding carboxylic acids is 1. The van der Waals surface area contributed by atoms with Gasteiger partial charge in [-0.1, -0.05) is 17.8 Å². The van der Waals surface area contributed by atoms with Gasteiger partial charge in [0.2, 0.25) is 5.91 Å². The third-order valence-corrected chi connectivity index (χ3v) is 5.01. The molecule has 0 radical (unpaired) electrons. The minimum Gasteiger partial charge on any atom is -0.325 e. The van der Waals surface area contributed by atoms with Gasteiger partial charge in [0.25, 0.3) is 0 Å². The Morgan fingerprint density at radius 3 is 2.52 bits per heavy atom. The molecular weight excluding hydrogens is 377 g/mol. The minimum atomic E-state index is -4.46. The Kier molecular flexibility index (Phi) is 5.73. The van der Waals surface area contributed by atoms with E-state index in [0.717, 1.165) is 24.1 Å². The number of hydrogen-bond donors (Lipinski definition) is 1. The fourth-order valence-corrected chi connectivity index (χ4v) is 3.08. The van der Waals surface area contributed by atoms with Crippen LogP contribution in [0.5, 0.6) is 0 Å². The topological polar surface area (TPSA) is 76.1 Å². The second kappa shape index (κ2) is 7.44. The van der Waals surface area contributed by atoms with Gasteiger partial charge in [-0.2, -0.15) is 13.2 Å². The summed E-state index contributed by atoms with van der Waals surface area (Å²) in [4.78, 5) is 15.6. The van der Waals surface area contributed by atoms with Crippen LogP contribution in [0.4, 0.5) is 18.9 Å². The number of carbonyl (C=O) groups is 1. The van der Waals surface area contributed by atoms with E-state index in [9.17, 15) is 26.4 Å². The van der Waals surface area contributed by atoms with Crippen LogP contribution in [0.1, 0.15) is 5.56 Å². The highest BCUT2D eigenvalue weighted by Crippen LogP contribution is 2.29. The lowest BCUT2D eigenvalue weighted by Crippen LogP contribution is -2.14. The third-order valence-electron chi connectivity index (χ3n) is 2.96. The van der Waals surface area contributed by atoms with Crippen molar-refractivity contribution in [1.82, 2.24) is 4.98 Å². The Hall–Kier alpha value is -2.07. The molecule has 0 bridgehead atoms. The number of aromatic nitrogens is 1. The van der Waals surface area contributed by atoms with Gasteiger partial charge >= 0.3 is 6.18 Å². The highest BCUT2D eigenvalue weighted by Gasteiger charge is 2.30. The quantitative estimate of drug-likeness (QED) is 0.794. The number of nitrogens with zero attached hydrogens (tertiary/aromatic N) is 1. The lowest BCUT2D eigenvalue weighted by Gasteiger charge is -2.08. The molecule has 0 aliphatic heterocycles. The normalized spacial score (nSPS) is 12.0. The Bertz CT molecular complexity index is 866. The summed E-state index contributed by atoms with van der Waals surface area (Å²) in [5.41, 5.74) is -0.548. The Morgan fingerprint density at radius 2 is 1.96 bits per heavy atom. The van der Waals surface area contributed by atoms with Crippen LogP contribution in [-0.4, -0.2) is 31.3 Å². The van der Waals surface area contributed by atoms with Gasteiger partial charge in [-0.3, -0.25) is 4.79 Å². The maximum Gasteiger partial charge on any atom is 0.417 e. The lowest BCUT2D eigenvalue weighted by atomic mass is 10.3. The van der Waals surface area contributed by atoms with Gasteiger partial charge in [0.15, 0.2) is 9.84 Å². The molecule has 134 valence electrons. The molecule has 0 aliphatic rings. The van der Waals surface area contributed by atoms with Crippen LogP contribution in [0.2, 0.25) is 0 Å². The summed E-state index contributed by atoms with van der Waals surface area (Å²) >= 11 is 0.968.